The number of carbonyl (C=O) groups is 1. The first kappa shape index (κ1) is 16.0. The van der Waals surface area contributed by atoms with Gasteiger partial charge in [-0.15, -0.1) is 0 Å². The summed E-state index contributed by atoms with van der Waals surface area (Å²) in [5.74, 6) is -0.110. The maximum Gasteiger partial charge on any atom is 0.240 e. The molecule has 0 radical (unpaired) electrons. The highest BCUT2D eigenvalue weighted by atomic mass is 16.2. The normalized spacial score (nSPS) is 10.9. The number of amides is 1. The molecule has 0 unspecified atom stereocenters. The minimum absolute atomic E-state index is 0.00959. The number of pyridine rings is 2. The molecule has 4 rings (SSSR count). The van der Waals surface area contributed by atoms with Crippen LogP contribution in [0.1, 0.15) is 5.56 Å². The van der Waals surface area contributed by atoms with Crippen LogP contribution in [-0.4, -0.2) is 15.5 Å². The average molecular weight is 343 g/mol. The number of hydrogen-bond acceptors (Lipinski definition) is 3. The second-order valence-electron chi connectivity index (χ2n) is 6.08. The number of aromatic nitrogens is 2. The summed E-state index contributed by atoms with van der Waals surface area (Å²) in [4.78, 5) is 29.2. The molecule has 2 aromatic carbocycles. The van der Waals surface area contributed by atoms with Gasteiger partial charge in [0.2, 0.25) is 5.91 Å². The summed E-state index contributed by atoms with van der Waals surface area (Å²) in [5.41, 5.74) is 2.50. The van der Waals surface area contributed by atoms with Gasteiger partial charge in [-0.2, -0.15) is 0 Å². The smallest absolute Gasteiger partial charge is 0.240 e. The number of fused-ring (bicyclic) bond motifs is 2. The van der Waals surface area contributed by atoms with Gasteiger partial charge in [-0.25, -0.2) is 0 Å². The second kappa shape index (κ2) is 6.80. The van der Waals surface area contributed by atoms with Gasteiger partial charge < -0.3 is 9.88 Å². The van der Waals surface area contributed by atoms with Crippen molar-refractivity contribution in [1.82, 2.24) is 14.9 Å². The molecule has 5 nitrogen and oxygen atoms in total. The molecule has 128 valence electrons. The number of carbonyl (C=O) groups excluding carboxylic acids is 1. The summed E-state index contributed by atoms with van der Waals surface area (Å²) in [6.07, 6.45) is 3.40. The van der Waals surface area contributed by atoms with Gasteiger partial charge in [0.25, 0.3) is 0 Å². The van der Waals surface area contributed by atoms with Gasteiger partial charge in [0.15, 0.2) is 5.43 Å². The van der Waals surface area contributed by atoms with E-state index in [0.29, 0.717) is 17.3 Å². The highest BCUT2D eigenvalue weighted by molar-refractivity contribution is 5.94. The van der Waals surface area contributed by atoms with Crippen LogP contribution in [0.15, 0.2) is 77.9 Å². The van der Waals surface area contributed by atoms with E-state index >= 15 is 0 Å². The van der Waals surface area contributed by atoms with Crippen molar-refractivity contribution < 1.29 is 4.79 Å². The fourth-order valence-corrected chi connectivity index (χ4v) is 3.15. The summed E-state index contributed by atoms with van der Waals surface area (Å²) in [5, 5.41) is 4.16. The van der Waals surface area contributed by atoms with Gasteiger partial charge in [-0.05, 0) is 42.0 Å². The van der Waals surface area contributed by atoms with E-state index in [0.717, 1.165) is 16.6 Å². The molecule has 5 heteroatoms. The Kier molecular flexibility index (Phi) is 4.19. The molecule has 0 aliphatic rings. The topological polar surface area (TPSA) is 64.0 Å². The molecule has 0 fully saturated rings. The maximum atomic E-state index is 12.7. The summed E-state index contributed by atoms with van der Waals surface area (Å²) in [6.45, 7) is 0.587. The number of hydrogen-bond donors (Lipinski definition) is 1. The van der Waals surface area contributed by atoms with E-state index < -0.39 is 0 Å². The predicted molar refractivity (Wildman–Crippen MR) is 102 cm³/mol. The molecule has 0 aliphatic heterocycles. The van der Waals surface area contributed by atoms with E-state index in [2.05, 4.69) is 10.3 Å². The lowest BCUT2D eigenvalue weighted by atomic mass is 10.1. The summed E-state index contributed by atoms with van der Waals surface area (Å²) >= 11 is 0. The van der Waals surface area contributed by atoms with Crippen molar-refractivity contribution in [3.05, 3.63) is 88.8 Å². The second-order valence-corrected chi connectivity index (χ2v) is 6.08. The fraction of sp³-hybridized carbons (Fsp3) is 0.0952. The van der Waals surface area contributed by atoms with Crippen molar-refractivity contribution in [2.45, 2.75) is 13.1 Å². The molecule has 0 saturated carbocycles. The van der Waals surface area contributed by atoms with Gasteiger partial charge in [-0.3, -0.25) is 14.6 Å². The molecular weight excluding hydrogens is 326 g/mol. The molecule has 4 aromatic rings. The third kappa shape index (κ3) is 2.95. The Labute approximate surface area is 149 Å². The largest absolute Gasteiger partial charge is 0.350 e. The van der Waals surface area contributed by atoms with Crippen LogP contribution in [0.25, 0.3) is 21.8 Å². The predicted octanol–water partition coefficient (Wildman–Crippen LogP) is 2.87. The van der Waals surface area contributed by atoms with Gasteiger partial charge in [-0.1, -0.05) is 24.3 Å². The first-order valence-corrected chi connectivity index (χ1v) is 8.40. The molecule has 26 heavy (non-hydrogen) atoms. The van der Waals surface area contributed by atoms with Crippen molar-refractivity contribution in [2.75, 3.05) is 0 Å². The van der Waals surface area contributed by atoms with E-state index in [1.807, 2.05) is 53.1 Å². The Bertz CT molecular complexity index is 1090. The third-order valence-corrected chi connectivity index (χ3v) is 4.42. The fourth-order valence-electron chi connectivity index (χ4n) is 3.15. The van der Waals surface area contributed by atoms with E-state index in [4.69, 9.17) is 0 Å². The van der Waals surface area contributed by atoms with Gasteiger partial charge in [0, 0.05) is 29.7 Å². The standard InChI is InChI=1S/C21H17N3O2/c25-20(23-13-15-9-11-22-12-10-15)14-24-18-7-3-1-5-16(18)21(26)17-6-2-4-8-19(17)24/h1-12H,13-14H2,(H,23,25). The first-order valence-electron chi connectivity index (χ1n) is 8.40. The van der Waals surface area contributed by atoms with Crippen LogP contribution in [0.5, 0.6) is 0 Å². The zero-order chi connectivity index (χ0) is 17.9. The molecule has 0 aliphatic carbocycles. The van der Waals surface area contributed by atoms with Crippen molar-refractivity contribution in [3.63, 3.8) is 0 Å². The zero-order valence-corrected chi connectivity index (χ0v) is 14.1. The number of nitrogens with zero attached hydrogens (tertiary/aromatic N) is 2. The third-order valence-electron chi connectivity index (χ3n) is 4.42. The lowest BCUT2D eigenvalue weighted by Gasteiger charge is -2.15. The summed E-state index contributed by atoms with van der Waals surface area (Å²) < 4.78 is 1.90. The van der Waals surface area contributed by atoms with Crippen LogP contribution < -0.4 is 10.7 Å². The SMILES string of the molecule is O=C(Cn1c2ccccc2c(=O)c2ccccc21)NCc1ccncc1. The highest BCUT2D eigenvalue weighted by Crippen LogP contribution is 2.18. The lowest BCUT2D eigenvalue weighted by Crippen LogP contribution is -2.28. The molecule has 1 amide bonds. The summed E-state index contributed by atoms with van der Waals surface area (Å²) in [7, 11) is 0. The number of rotatable bonds is 4. The Hall–Kier alpha value is -3.47. The monoisotopic (exact) mass is 343 g/mol. The first-order chi connectivity index (χ1) is 12.7. The van der Waals surface area contributed by atoms with Crippen molar-refractivity contribution in [1.29, 1.82) is 0 Å². The van der Waals surface area contributed by atoms with Crippen molar-refractivity contribution in [3.8, 4) is 0 Å². The Balaban J connectivity index is 1.72. The van der Waals surface area contributed by atoms with Crippen LogP contribution >= 0.6 is 0 Å². The van der Waals surface area contributed by atoms with Crippen LogP contribution in [0.4, 0.5) is 0 Å². The van der Waals surface area contributed by atoms with Crippen LogP contribution in [-0.2, 0) is 17.9 Å². The van der Waals surface area contributed by atoms with Crippen molar-refractivity contribution in [2.24, 2.45) is 0 Å². The van der Waals surface area contributed by atoms with E-state index in [-0.39, 0.29) is 17.9 Å². The minimum atomic E-state index is -0.110. The Morgan fingerprint density at radius 2 is 1.46 bits per heavy atom. The maximum absolute atomic E-state index is 12.7. The lowest BCUT2D eigenvalue weighted by molar-refractivity contribution is -0.121. The molecule has 0 saturated heterocycles. The van der Waals surface area contributed by atoms with Crippen LogP contribution in [0, 0.1) is 0 Å². The Morgan fingerprint density at radius 3 is 2.08 bits per heavy atom. The quantitative estimate of drug-likeness (QED) is 0.580. The zero-order valence-electron chi connectivity index (χ0n) is 14.1. The number of nitrogens with one attached hydrogen (secondary N) is 1. The van der Waals surface area contributed by atoms with E-state index in [1.165, 1.54) is 0 Å². The molecule has 1 N–H and O–H groups in total. The van der Waals surface area contributed by atoms with E-state index in [9.17, 15) is 9.59 Å². The van der Waals surface area contributed by atoms with Gasteiger partial charge >= 0.3 is 0 Å². The molecule has 0 spiro atoms. The molecule has 2 aromatic heterocycles. The molecule has 2 heterocycles. The van der Waals surface area contributed by atoms with E-state index in [1.54, 1.807) is 24.5 Å². The average Bonchev–Trinajstić information content (AvgIpc) is 2.70. The molecule has 0 bridgehead atoms. The highest BCUT2D eigenvalue weighted by Gasteiger charge is 2.12. The number of benzene rings is 2. The molecular formula is C21H17N3O2. The van der Waals surface area contributed by atoms with Gasteiger partial charge in [0.1, 0.15) is 6.54 Å². The summed E-state index contributed by atoms with van der Waals surface area (Å²) in [6, 6.07) is 18.5. The van der Waals surface area contributed by atoms with Crippen LogP contribution in [0.2, 0.25) is 0 Å². The minimum Gasteiger partial charge on any atom is -0.350 e. The van der Waals surface area contributed by atoms with Crippen LogP contribution in [0.3, 0.4) is 0 Å². The van der Waals surface area contributed by atoms with Gasteiger partial charge in [0.05, 0.1) is 11.0 Å². The Morgan fingerprint density at radius 1 is 0.885 bits per heavy atom. The molecule has 0 atom stereocenters. The number of para-hydroxylation sites is 2. The van der Waals surface area contributed by atoms with Crippen molar-refractivity contribution >= 4 is 27.7 Å².